The molecule has 0 saturated heterocycles. The molecular weight excluding hydrogens is 381 g/mol. The van der Waals surface area contributed by atoms with Crippen LogP contribution in [0.3, 0.4) is 0 Å². The molecule has 1 radical (unpaired) electrons. The molecule has 0 spiro atoms. The van der Waals surface area contributed by atoms with Gasteiger partial charge in [0.25, 0.3) is 0 Å². The van der Waals surface area contributed by atoms with Crippen LogP contribution in [0, 0.1) is 41.3 Å². The predicted octanol–water partition coefficient (Wildman–Crippen LogP) is 1.73. The maximum Gasteiger partial charge on any atom is 0 e. The van der Waals surface area contributed by atoms with Crippen LogP contribution in [-0.4, -0.2) is 0 Å². The first-order chi connectivity index (χ1) is 0. The molecule has 4 heavy (non-hydrogen) atoms. The van der Waals surface area contributed by atoms with Gasteiger partial charge in [0.1, 0.15) is 0 Å². The van der Waals surface area contributed by atoms with Crippen LogP contribution in [0.1, 0.15) is 0 Å². The molecule has 0 rings (SSSR count). The van der Waals surface area contributed by atoms with Crippen molar-refractivity contribution in [3.63, 3.8) is 0 Å². The standard InChI is InChI=1S/3BrH.Pr/h3*1H;. The SMILES string of the molecule is Br.Br.Br.[Pr]. The summed E-state index contributed by atoms with van der Waals surface area (Å²) in [4.78, 5) is 0. The molecule has 0 amide bonds. The summed E-state index contributed by atoms with van der Waals surface area (Å²) in [6, 6.07) is 0. The van der Waals surface area contributed by atoms with Crippen LogP contribution in [0.4, 0.5) is 0 Å². The molecule has 0 unspecified atom stereocenters. The van der Waals surface area contributed by atoms with Crippen molar-refractivity contribution in [3.8, 4) is 0 Å². The van der Waals surface area contributed by atoms with Gasteiger partial charge in [-0.25, -0.2) is 0 Å². The predicted molar refractivity (Wildman–Crippen MR) is 31.0 cm³/mol. The second-order valence-corrected chi connectivity index (χ2v) is 0. The van der Waals surface area contributed by atoms with E-state index < -0.39 is 0 Å². The number of halogens is 3. The van der Waals surface area contributed by atoms with Crippen LogP contribution in [0.15, 0.2) is 0 Å². The average molecular weight is 384 g/mol. The number of rotatable bonds is 0. The smallest absolute Gasteiger partial charge is 0 e. The molecule has 0 atom stereocenters. The Hall–Kier alpha value is 2.80. The first-order valence-corrected chi connectivity index (χ1v) is 0. The summed E-state index contributed by atoms with van der Waals surface area (Å²) in [6.45, 7) is 0. The molecule has 0 N–H and O–H groups in total. The van der Waals surface area contributed by atoms with Crippen molar-refractivity contribution < 1.29 is 41.3 Å². The van der Waals surface area contributed by atoms with Crippen LogP contribution < -0.4 is 0 Å². The van der Waals surface area contributed by atoms with Gasteiger partial charge in [-0.2, -0.15) is 0 Å². The van der Waals surface area contributed by atoms with Crippen LogP contribution in [0.5, 0.6) is 0 Å². The topological polar surface area (TPSA) is 0 Å². The Morgan fingerprint density at radius 2 is 0.500 bits per heavy atom. The summed E-state index contributed by atoms with van der Waals surface area (Å²) in [5.74, 6) is 0. The third kappa shape index (κ3) is 8.84. The van der Waals surface area contributed by atoms with Crippen molar-refractivity contribution >= 4 is 50.9 Å². The largest absolute Gasteiger partial charge is 0.114 e. The van der Waals surface area contributed by atoms with Gasteiger partial charge in [0.2, 0.25) is 0 Å². The fourth-order valence-corrected chi connectivity index (χ4v) is 0. The van der Waals surface area contributed by atoms with E-state index in [1.807, 2.05) is 0 Å². The van der Waals surface area contributed by atoms with E-state index in [1.165, 1.54) is 0 Å². The Kier molecular flexibility index (Phi) is 124. The van der Waals surface area contributed by atoms with Crippen molar-refractivity contribution in [2.45, 2.75) is 0 Å². The molecule has 0 bridgehead atoms. The van der Waals surface area contributed by atoms with E-state index in [2.05, 4.69) is 0 Å². The van der Waals surface area contributed by atoms with Crippen molar-refractivity contribution in [1.82, 2.24) is 0 Å². The van der Waals surface area contributed by atoms with E-state index in [4.69, 9.17) is 0 Å². The molecule has 0 fully saturated rings. The Bertz CT molecular complexity index is 3.25. The van der Waals surface area contributed by atoms with E-state index in [-0.39, 0.29) is 92.2 Å². The molecule has 0 aromatic carbocycles. The Morgan fingerprint density at radius 1 is 0.500 bits per heavy atom. The van der Waals surface area contributed by atoms with Gasteiger partial charge in [-0.3, -0.25) is 0 Å². The first kappa shape index (κ1) is 29.2. The zero-order valence-corrected chi connectivity index (χ0v) is 10.6. The van der Waals surface area contributed by atoms with Crippen molar-refractivity contribution in [2.24, 2.45) is 0 Å². The summed E-state index contributed by atoms with van der Waals surface area (Å²) in [5, 5.41) is 0. The van der Waals surface area contributed by atoms with Crippen molar-refractivity contribution in [2.75, 3.05) is 0 Å². The fraction of sp³-hybridized carbons (Fsp3) is 0. The Balaban J connectivity index is 0. The minimum Gasteiger partial charge on any atom is -0.114 e. The molecule has 0 aromatic rings. The van der Waals surface area contributed by atoms with Crippen LogP contribution in [0.2, 0.25) is 0 Å². The molecule has 0 aliphatic heterocycles. The van der Waals surface area contributed by atoms with Gasteiger partial charge in [-0.1, -0.05) is 0 Å². The van der Waals surface area contributed by atoms with Crippen molar-refractivity contribution in [1.29, 1.82) is 0 Å². The summed E-state index contributed by atoms with van der Waals surface area (Å²) in [7, 11) is 0. The maximum atomic E-state index is 0. The van der Waals surface area contributed by atoms with Gasteiger partial charge in [0.15, 0.2) is 0 Å². The zero-order chi connectivity index (χ0) is 0. The molecule has 0 aliphatic carbocycles. The van der Waals surface area contributed by atoms with E-state index in [9.17, 15) is 0 Å². The van der Waals surface area contributed by atoms with Gasteiger partial charge >= 0.3 is 0 Å². The molecule has 0 saturated carbocycles. The zero-order valence-electron chi connectivity index (χ0n) is 1.80. The first-order valence-electron chi connectivity index (χ1n) is 0. The normalized spacial score (nSPS) is 0. The van der Waals surface area contributed by atoms with E-state index in [1.54, 1.807) is 0 Å². The van der Waals surface area contributed by atoms with Gasteiger partial charge < -0.3 is 0 Å². The third-order valence-corrected chi connectivity index (χ3v) is 0. The molecule has 4 heteroatoms. The van der Waals surface area contributed by atoms with E-state index >= 15 is 0 Å². The quantitative estimate of drug-likeness (QED) is 0.598. The summed E-state index contributed by atoms with van der Waals surface area (Å²) in [5.41, 5.74) is 0. The number of hydrogen-bond acceptors (Lipinski definition) is 0. The molecule has 0 heterocycles. The molecule has 27 valence electrons. The Labute approximate surface area is 90.4 Å². The minimum absolute atomic E-state index is 0. The summed E-state index contributed by atoms with van der Waals surface area (Å²) >= 11 is 0. The summed E-state index contributed by atoms with van der Waals surface area (Å²) in [6.07, 6.45) is 0. The fourth-order valence-electron chi connectivity index (χ4n) is 0. The monoisotopic (exact) mass is 381 g/mol. The van der Waals surface area contributed by atoms with Crippen LogP contribution in [-0.2, 0) is 0 Å². The van der Waals surface area contributed by atoms with E-state index in [0.29, 0.717) is 0 Å². The van der Waals surface area contributed by atoms with E-state index in [0.717, 1.165) is 0 Å². The molecule has 0 aromatic heterocycles. The Morgan fingerprint density at radius 3 is 0.500 bits per heavy atom. The van der Waals surface area contributed by atoms with Crippen molar-refractivity contribution in [3.05, 3.63) is 0 Å². The maximum absolute atomic E-state index is 0. The average Bonchev–Trinajstić information content (AvgIpc) is 0. The molecule has 0 nitrogen and oxygen atoms in total. The van der Waals surface area contributed by atoms with Gasteiger partial charge in [-0.05, 0) is 0 Å². The number of hydrogen-bond donors (Lipinski definition) is 0. The van der Waals surface area contributed by atoms with Gasteiger partial charge in [0.05, 0.1) is 0 Å². The second kappa shape index (κ2) is 17.0. The van der Waals surface area contributed by atoms with Crippen LogP contribution in [0.25, 0.3) is 0 Å². The third-order valence-electron chi connectivity index (χ3n) is 0. The molecule has 0 aliphatic rings. The summed E-state index contributed by atoms with van der Waals surface area (Å²) < 4.78 is 0. The second-order valence-electron chi connectivity index (χ2n) is 0. The minimum atomic E-state index is 0. The molecular formula is H3Br3Pr. The van der Waals surface area contributed by atoms with Gasteiger partial charge in [0, 0.05) is 41.3 Å². The van der Waals surface area contributed by atoms with Crippen LogP contribution >= 0.6 is 50.9 Å². The van der Waals surface area contributed by atoms with Gasteiger partial charge in [-0.15, -0.1) is 50.9 Å².